The molecular formula is C14H11N3O3S. The van der Waals surface area contributed by atoms with E-state index < -0.39 is 11.5 Å². The number of fused-ring (bicyclic) bond motifs is 1. The number of carbonyl (C=O) groups is 1. The standard InChI is InChI=1S/C14H11N3O3S/c1-7-9(5-12(18)19)14(20)17-13(16-7)8-4-11-10(15-6-8)2-3-21-11/h2-4,6H,5H2,1H3,(H,18,19)(H,16,17,20). The summed E-state index contributed by atoms with van der Waals surface area (Å²) in [7, 11) is 0. The largest absolute Gasteiger partial charge is 0.481 e. The monoisotopic (exact) mass is 301 g/mol. The van der Waals surface area contributed by atoms with Crippen LogP contribution in [0.2, 0.25) is 0 Å². The molecule has 0 atom stereocenters. The van der Waals surface area contributed by atoms with Gasteiger partial charge in [-0.1, -0.05) is 0 Å². The highest BCUT2D eigenvalue weighted by atomic mass is 32.1. The summed E-state index contributed by atoms with van der Waals surface area (Å²) < 4.78 is 1.00. The number of pyridine rings is 1. The SMILES string of the molecule is Cc1nc(-c2cnc3ccsc3c2)[nH]c(=O)c1CC(=O)O. The Labute approximate surface area is 123 Å². The first-order chi connectivity index (χ1) is 10.0. The summed E-state index contributed by atoms with van der Waals surface area (Å²) in [4.78, 5) is 34.0. The van der Waals surface area contributed by atoms with Gasteiger partial charge in [0.25, 0.3) is 5.56 Å². The summed E-state index contributed by atoms with van der Waals surface area (Å²) in [5.41, 5.74) is 1.77. The van der Waals surface area contributed by atoms with Crippen molar-refractivity contribution in [2.24, 2.45) is 0 Å². The van der Waals surface area contributed by atoms with Gasteiger partial charge in [0.2, 0.25) is 0 Å². The molecule has 0 amide bonds. The van der Waals surface area contributed by atoms with Gasteiger partial charge in [0.15, 0.2) is 0 Å². The molecule has 0 spiro atoms. The van der Waals surface area contributed by atoms with Gasteiger partial charge in [-0.2, -0.15) is 0 Å². The van der Waals surface area contributed by atoms with Gasteiger partial charge in [-0.15, -0.1) is 11.3 Å². The van der Waals surface area contributed by atoms with Gasteiger partial charge in [0.05, 0.1) is 16.6 Å². The number of hydrogen-bond acceptors (Lipinski definition) is 5. The molecule has 0 aliphatic rings. The zero-order chi connectivity index (χ0) is 15.0. The van der Waals surface area contributed by atoms with Crippen LogP contribution in [0, 0.1) is 6.92 Å². The van der Waals surface area contributed by atoms with E-state index in [4.69, 9.17) is 5.11 Å². The lowest BCUT2D eigenvalue weighted by Crippen LogP contribution is -2.20. The molecule has 0 saturated carbocycles. The molecule has 0 bridgehead atoms. The number of nitrogens with one attached hydrogen (secondary N) is 1. The van der Waals surface area contributed by atoms with Crippen molar-refractivity contribution in [3.63, 3.8) is 0 Å². The molecular weight excluding hydrogens is 290 g/mol. The van der Waals surface area contributed by atoms with Crippen molar-refractivity contribution in [1.82, 2.24) is 15.0 Å². The van der Waals surface area contributed by atoms with E-state index in [-0.39, 0.29) is 12.0 Å². The Morgan fingerprint density at radius 3 is 3.00 bits per heavy atom. The lowest BCUT2D eigenvalue weighted by molar-refractivity contribution is -0.136. The van der Waals surface area contributed by atoms with Crippen molar-refractivity contribution in [3.05, 3.63) is 45.3 Å². The lowest BCUT2D eigenvalue weighted by Gasteiger charge is -2.05. The molecule has 3 aromatic heterocycles. The average molecular weight is 301 g/mol. The summed E-state index contributed by atoms with van der Waals surface area (Å²) in [6.07, 6.45) is 1.31. The van der Waals surface area contributed by atoms with Crippen molar-refractivity contribution in [2.45, 2.75) is 13.3 Å². The molecule has 0 radical (unpaired) electrons. The number of carboxylic acid groups (broad SMARTS) is 1. The van der Waals surface area contributed by atoms with Crippen molar-refractivity contribution in [1.29, 1.82) is 0 Å². The summed E-state index contributed by atoms with van der Waals surface area (Å²) in [6.45, 7) is 1.63. The fraction of sp³-hybridized carbons (Fsp3) is 0.143. The van der Waals surface area contributed by atoms with Crippen LogP contribution in [0.3, 0.4) is 0 Å². The molecule has 3 rings (SSSR count). The quantitative estimate of drug-likeness (QED) is 0.771. The molecule has 3 heterocycles. The van der Waals surface area contributed by atoms with E-state index >= 15 is 0 Å². The Morgan fingerprint density at radius 1 is 1.48 bits per heavy atom. The van der Waals surface area contributed by atoms with E-state index in [2.05, 4.69) is 15.0 Å². The maximum Gasteiger partial charge on any atom is 0.308 e. The molecule has 0 unspecified atom stereocenters. The van der Waals surface area contributed by atoms with Crippen LogP contribution >= 0.6 is 11.3 Å². The summed E-state index contributed by atoms with van der Waals surface area (Å²) >= 11 is 1.56. The van der Waals surface area contributed by atoms with E-state index in [0.29, 0.717) is 17.1 Å². The first-order valence-corrected chi connectivity index (χ1v) is 7.08. The van der Waals surface area contributed by atoms with E-state index in [1.807, 2.05) is 17.5 Å². The predicted molar refractivity (Wildman–Crippen MR) is 79.5 cm³/mol. The first kappa shape index (κ1) is 13.4. The molecule has 3 aromatic rings. The molecule has 21 heavy (non-hydrogen) atoms. The van der Waals surface area contributed by atoms with Crippen LogP contribution in [0.5, 0.6) is 0 Å². The number of aryl methyl sites for hydroxylation is 1. The number of nitrogens with zero attached hydrogens (tertiary/aromatic N) is 2. The Bertz CT molecular complexity index is 898. The van der Waals surface area contributed by atoms with E-state index in [9.17, 15) is 9.59 Å². The maximum atomic E-state index is 12.0. The number of aromatic nitrogens is 3. The number of H-pyrrole nitrogens is 1. The van der Waals surface area contributed by atoms with Crippen molar-refractivity contribution in [2.75, 3.05) is 0 Å². The minimum Gasteiger partial charge on any atom is -0.481 e. The minimum absolute atomic E-state index is 0.177. The van der Waals surface area contributed by atoms with Crippen molar-refractivity contribution < 1.29 is 9.90 Å². The molecule has 7 heteroatoms. The second-order valence-corrected chi connectivity index (χ2v) is 5.52. The third kappa shape index (κ3) is 2.55. The van der Waals surface area contributed by atoms with Crippen molar-refractivity contribution >= 4 is 27.5 Å². The highest BCUT2D eigenvalue weighted by molar-refractivity contribution is 7.17. The first-order valence-electron chi connectivity index (χ1n) is 6.20. The third-order valence-electron chi connectivity index (χ3n) is 3.13. The number of aliphatic carboxylic acids is 1. The van der Waals surface area contributed by atoms with Gasteiger partial charge in [-0.3, -0.25) is 14.6 Å². The zero-order valence-electron chi connectivity index (χ0n) is 11.1. The third-order valence-corrected chi connectivity index (χ3v) is 3.98. The average Bonchev–Trinajstić information content (AvgIpc) is 2.89. The number of hydrogen-bond donors (Lipinski definition) is 2. The Balaban J connectivity index is 2.10. The van der Waals surface area contributed by atoms with Gasteiger partial charge in [0.1, 0.15) is 5.82 Å². The molecule has 0 aliphatic carbocycles. The number of rotatable bonds is 3. The van der Waals surface area contributed by atoms with Gasteiger partial charge in [0, 0.05) is 23.0 Å². The fourth-order valence-electron chi connectivity index (χ4n) is 2.08. The second-order valence-electron chi connectivity index (χ2n) is 4.58. The normalized spacial score (nSPS) is 10.9. The molecule has 106 valence electrons. The van der Waals surface area contributed by atoms with Crippen LogP contribution in [-0.4, -0.2) is 26.0 Å². The van der Waals surface area contributed by atoms with Crippen LogP contribution < -0.4 is 5.56 Å². The molecule has 0 saturated heterocycles. The summed E-state index contributed by atoms with van der Waals surface area (Å²) in [5, 5.41) is 10.8. The van der Waals surface area contributed by atoms with E-state index in [0.717, 1.165) is 10.2 Å². The minimum atomic E-state index is -1.06. The summed E-state index contributed by atoms with van der Waals surface area (Å²) in [6, 6.07) is 3.82. The zero-order valence-corrected chi connectivity index (χ0v) is 11.9. The molecule has 0 aliphatic heterocycles. The smallest absolute Gasteiger partial charge is 0.308 e. The van der Waals surface area contributed by atoms with Crippen LogP contribution in [0.15, 0.2) is 28.5 Å². The highest BCUT2D eigenvalue weighted by Gasteiger charge is 2.13. The van der Waals surface area contributed by atoms with Gasteiger partial charge in [-0.25, -0.2) is 4.98 Å². The Morgan fingerprint density at radius 2 is 2.29 bits per heavy atom. The topological polar surface area (TPSA) is 95.9 Å². The van der Waals surface area contributed by atoms with Crippen LogP contribution in [0.1, 0.15) is 11.3 Å². The molecule has 0 fully saturated rings. The van der Waals surface area contributed by atoms with Gasteiger partial charge in [-0.05, 0) is 24.4 Å². The predicted octanol–water partition coefficient (Wildman–Crippen LogP) is 1.98. The maximum absolute atomic E-state index is 12.0. The van der Waals surface area contributed by atoms with Gasteiger partial charge >= 0.3 is 5.97 Å². The lowest BCUT2D eigenvalue weighted by atomic mass is 10.1. The highest BCUT2D eigenvalue weighted by Crippen LogP contribution is 2.23. The number of carboxylic acids is 1. The Hall–Kier alpha value is -2.54. The molecule has 0 aromatic carbocycles. The van der Waals surface area contributed by atoms with Gasteiger partial charge < -0.3 is 10.1 Å². The van der Waals surface area contributed by atoms with Crippen LogP contribution in [0.25, 0.3) is 21.6 Å². The summed E-state index contributed by atoms with van der Waals surface area (Å²) in [5.74, 6) is -0.658. The fourth-order valence-corrected chi connectivity index (χ4v) is 2.86. The number of aromatic amines is 1. The molecule has 2 N–H and O–H groups in total. The van der Waals surface area contributed by atoms with Crippen molar-refractivity contribution in [3.8, 4) is 11.4 Å². The van der Waals surface area contributed by atoms with Crippen LogP contribution in [0.4, 0.5) is 0 Å². The number of thiophene rings is 1. The second kappa shape index (κ2) is 5.10. The van der Waals surface area contributed by atoms with Crippen LogP contribution in [-0.2, 0) is 11.2 Å². The Kier molecular flexibility index (Phi) is 3.26. The molecule has 6 nitrogen and oxygen atoms in total. The van der Waals surface area contributed by atoms with E-state index in [1.165, 1.54) is 0 Å². The van der Waals surface area contributed by atoms with E-state index in [1.54, 1.807) is 24.5 Å².